The van der Waals surface area contributed by atoms with Crippen LogP contribution in [0.1, 0.15) is 57.8 Å². The topological polar surface area (TPSA) is 62.3 Å². The number of carbonyl (C=O) groups excluding carboxylic acids is 2. The van der Waals surface area contributed by atoms with Crippen LogP contribution >= 0.6 is 0 Å². The summed E-state index contributed by atoms with van der Waals surface area (Å²) in [6.45, 7) is 7.45. The number of methoxy groups -OCH3 is 2. The Morgan fingerprint density at radius 3 is 2.08 bits per heavy atom. The van der Waals surface area contributed by atoms with Crippen LogP contribution in [0, 0.1) is 0 Å². The van der Waals surface area contributed by atoms with Gasteiger partial charge in [-0.3, -0.25) is 19.4 Å². The van der Waals surface area contributed by atoms with E-state index >= 15 is 0 Å². The Labute approximate surface area is 218 Å². The fraction of sp³-hybridized carbons (Fsp3) is 0.333. The quantitative estimate of drug-likeness (QED) is 0.429. The summed E-state index contributed by atoms with van der Waals surface area (Å²) in [5, 5.41) is 0. The zero-order valence-electron chi connectivity index (χ0n) is 21.8. The van der Waals surface area contributed by atoms with Crippen LogP contribution in [0.25, 0.3) is 0 Å². The molecule has 37 heavy (non-hydrogen) atoms. The van der Waals surface area contributed by atoms with Gasteiger partial charge in [0.15, 0.2) is 11.5 Å². The van der Waals surface area contributed by atoms with Gasteiger partial charge in [-0.2, -0.15) is 0 Å². The number of anilines is 1. The Hall–Kier alpha value is -3.84. The van der Waals surface area contributed by atoms with Crippen LogP contribution < -0.4 is 14.4 Å². The van der Waals surface area contributed by atoms with Crippen molar-refractivity contribution >= 4 is 17.5 Å². The van der Waals surface area contributed by atoms with Crippen molar-refractivity contribution in [1.29, 1.82) is 0 Å². The maximum Gasteiger partial charge on any atom is 0.264 e. The molecule has 2 heterocycles. The van der Waals surface area contributed by atoms with Crippen molar-refractivity contribution < 1.29 is 19.1 Å². The van der Waals surface area contributed by atoms with Crippen molar-refractivity contribution in [3.8, 4) is 11.5 Å². The molecule has 0 radical (unpaired) electrons. The molecule has 0 N–H and O–H groups in total. The van der Waals surface area contributed by atoms with Crippen molar-refractivity contribution in [2.45, 2.75) is 25.9 Å². The van der Waals surface area contributed by atoms with Crippen molar-refractivity contribution in [2.75, 3.05) is 45.3 Å². The Morgan fingerprint density at radius 1 is 0.703 bits per heavy atom. The predicted molar refractivity (Wildman–Crippen MR) is 144 cm³/mol. The molecule has 5 rings (SSSR count). The molecule has 0 spiro atoms. The molecule has 3 aromatic carbocycles. The molecule has 2 aliphatic rings. The first-order valence-corrected chi connectivity index (χ1v) is 12.7. The number of imide groups is 1. The van der Waals surface area contributed by atoms with E-state index in [4.69, 9.17) is 9.47 Å². The number of benzene rings is 3. The molecule has 2 aliphatic heterocycles. The largest absolute Gasteiger partial charge is 0.493 e. The van der Waals surface area contributed by atoms with Gasteiger partial charge in [0.2, 0.25) is 0 Å². The monoisotopic (exact) mass is 499 g/mol. The van der Waals surface area contributed by atoms with Crippen LogP contribution in [0.4, 0.5) is 5.69 Å². The molecule has 2 amide bonds. The van der Waals surface area contributed by atoms with Crippen LogP contribution in [0.15, 0.2) is 66.7 Å². The van der Waals surface area contributed by atoms with E-state index in [1.165, 1.54) is 10.5 Å². The normalized spacial score (nSPS) is 17.5. The third kappa shape index (κ3) is 4.44. The first-order chi connectivity index (χ1) is 17.9. The summed E-state index contributed by atoms with van der Waals surface area (Å²) in [4.78, 5) is 33.3. The van der Waals surface area contributed by atoms with Gasteiger partial charge in [0, 0.05) is 32.2 Å². The van der Waals surface area contributed by atoms with Gasteiger partial charge in [0.25, 0.3) is 11.8 Å². The van der Waals surface area contributed by atoms with E-state index in [2.05, 4.69) is 41.0 Å². The number of nitrogens with zero attached hydrogens (tertiary/aromatic N) is 3. The smallest absolute Gasteiger partial charge is 0.264 e. The number of piperazine rings is 1. The summed E-state index contributed by atoms with van der Waals surface area (Å²) in [6, 6.07) is 21.5. The molecule has 0 unspecified atom stereocenters. The van der Waals surface area contributed by atoms with Gasteiger partial charge in [-0.05, 0) is 49.2 Å². The average Bonchev–Trinajstić information content (AvgIpc) is 3.21. The second-order valence-corrected chi connectivity index (χ2v) is 9.58. The molecular weight excluding hydrogens is 466 g/mol. The van der Waals surface area contributed by atoms with Gasteiger partial charge in [-0.15, -0.1) is 0 Å². The third-order valence-corrected chi connectivity index (χ3v) is 7.69. The Morgan fingerprint density at radius 2 is 1.41 bits per heavy atom. The number of hydrogen-bond acceptors (Lipinski definition) is 6. The number of hydrogen-bond donors (Lipinski definition) is 0. The van der Waals surface area contributed by atoms with Crippen LogP contribution in [0.5, 0.6) is 11.5 Å². The molecule has 0 aliphatic carbocycles. The van der Waals surface area contributed by atoms with E-state index in [9.17, 15) is 9.59 Å². The van der Waals surface area contributed by atoms with E-state index in [0.29, 0.717) is 28.7 Å². The standard InChI is InChI=1S/C30H33N3O4/c1-20(22-9-6-5-7-10-22)31-15-17-32(18-16-31)25-12-8-11-24-28(25)30(35)33(29(24)34)21(2)23-13-14-26(36-3)27(19-23)37-4/h5-14,19-21H,15-18H2,1-4H3/t20-,21-/m0/s1. The van der Waals surface area contributed by atoms with Crippen LogP contribution in [-0.2, 0) is 0 Å². The second kappa shape index (κ2) is 10.3. The molecule has 3 aromatic rings. The Bertz CT molecular complexity index is 1300. The average molecular weight is 500 g/mol. The fourth-order valence-corrected chi connectivity index (χ4v) is 5.46. The van der Waals surface area contributed by atoms with Crippen molar-refractivity contribution in [1.82, 2.24) is 9.80 Å². The van der Waals surface area contributed by atoms with Gasteiger partial charge in [0.05, 0.1) is 37.1 Å². The van der Waals surface area contributed by atoms with Gasteiger partial charge < -0.3 is 14.4 Å². The van der Waals surface area contributed by atoms with E-state index in [1.54, 1.807) is 26.4 Å². The Balaban J connectivity index is 1.36. The molecule has 0 bridgehead atoms. The minimum atomic E-state index is -0.455. The predicted octanol–water partition coefficient (Wildman–Crippen LogP) is 4.94. The SMILES string of the molecule is COc1ccc([C@H](C)N2C(=O)c3cccc(N4CCN([C@@H](C)c5ccccc5)CC4)c3C2=O)cc1OC. The first kappa shape index (κ1) is 24.8. The minimum Gasteiger partial charge on any atom is -0.493 e. The van der Waals surface area contributed by atoms with E-state index < -0.39 is 6.04 Å². The number of rotatable bonds is 7. The van der Waals surface area contributed by atoms with E-state index in [-0.39, 0.29) is 11.8 Å². The Kier molecular flexibility index (Phi) is 6.89. The summed E-state index contributed by atoms with van der Waals surface area (Å²) in [7, 11) is 3.15. The van der Waals surface area contributed by atoms with Gasteiger partial charge >= 0.3 is 0 Å². The second-order valence-electron chi connectivity index (χ2n) is 9.58. The lowest BCUT2D eigenvalue weighted by molar-refractivity contribution is 0.0595. The molecule has 2 atom stereocenters. The highest BCUT2D eigenvalue weighted by atomic mass is 16.5. The molecule has 1 fully saturated rings. The number of ether oxygens (including phenoxy) is 2. The van der Waals surface area contributed by atoms with E-state index in [1.807, 2.05) is 37.3 Å². The highest BCUT2D eigenvalue weighted by Crippen LogP contribution is 2.39. The summed E-state index contributed by atoms with van der Waals surface area (Å²) in [5.74, 6) is 0.647. The summed E-state index contributed by atoms with van der Waals surface area (Å²) >= 11 is 0. The van der Waals surface area contributed by atoms with Crippen LogP contribution in [0.2, 0.25) is 0 Å². The molecule has 7 heteroatoms. The minimum absolute atomic E-state index is 0.252. The zero-order chi connectivity index (χ0) is 26.1. The van der Waals surface area contributed by atoms with Crippen molar-refractivity contribution in [2.24, 2.45) is 0 Å². The maximum absolute atomic E-state index is 13.7. The highest BCUT2D eigenvalue weighted by molar-refractivity contribution is 6.24. The highest BCUT2D eigenvalue weighted by Gasteiger charge is 2.41. The maximum atomic E-state index is 13.7. The first-order valence-electron chi connectivity index (χ1n) is 12.7. The summed E-state index contributed by atoms with van der Waals surface area (Å²) in [6.07, 6.45) is 0. The third-order valence-electron chi connectivity index (χ3n) is 7.69. The van der Waals surface area contributed by atoms with Crippen molar-refractivity contribution in [3.63, 3.8) is 0 Å². The number of fused-ring (bicyclic) bond motifs is 1. The van der Waals surface area contributed by atoms with E-state index in [0.717, 1.165) is 37.4 Å². The molecular formula is C30H33N3O4. The molecule has 7 nitrogen and oxygen atoms in total. The lowest BCUT2D eigenvalue weighted by Gasteiger charge is -2.39. The van der Waals surface area contributed by atoms with Crippen molar-refractivity contribution in [3.05, 3.63) is 89.0 Å². The van der Waals surface area contributed by atoms with Crippen LogP contribution in [-0.4, -0.2) is 62.0 Å². The molecule has 1 saturated heterocycles. The number of carbonyl (C=O) groups is 2. The molecule has 0 saturated carbocycles. The summed E-state index contributed by atoms with van der Waals surface area (Å²) < 4.78 is 10.8. The van der Waals surface area contributed by atoms with Gasteiger partial charge in [0.1, 0.15) is 0 Å². The number of amides is 2. The summed E-state index contributed by atoms with van der Waals surface area (Å²) in [5.41, 5.74) is 3.92. The molecule has 0 aromatic heterocycles. The molecule has 192 valence electrons. The van der Waals surface area contributed by atoms with Gasteiger partial charge in [-0.1, -0.05) is 42.5 Å². The lowest BCUT2D eigenvalue weighted by atomic mass is 10.0. The van der Waals surface area contributed by atoms with Crippen LogP contribution in [0.3, 0.4) is 0 Å². The van der Waals surface area contributed by atoms with Gasteiger partial charge in [-0.25, -0.2) is 0 Å². The lowest BCUT2D eigenvalue weighted by Crippen LogP contribution is -2.47. The zero-order valence-corrected chi connectivity index (χ0v) is 21.8. The fourth-order valence-electron chi connectivity index (χ4n) is 5.46.